The molecule has 290 valence electrons. The number of fused-ring (bicyclic) bond motifs is 14. The molecule has 0 fully saturated rings. The summed E-state index contributed by atoms with van der Waals surface area (Å²) in [7, 11) is 0. The Kier molecular flexibility index (Phi) is 7.52. The van der Waals surface area contributed by atoms with E-state index >= 15 is 0 Å². The van der Waals surface area contributed by atoms with E-state index in [1.54, 1.807) is 0 Å². The summed E-state index contributed by atoms with van der Waals surface area (Å²) in [5.41, 5.74) is 16.5. The summed E-state index contributed by atoms with van der Waals surface area (Å²) in [6.07, 6.45) is 0. The lowest BCUT2D eigenvalue weighted by Crippen LogP contribution is -2.32. The van der Waals surface area contributed by atoms with Crippen LogP contribution in [0.2, 0.25) is 0 Å². The minimum Gasteiger partial charge on any atom is -0.457 e. The third kappa shape index (κ3) is 4.94. The predicted octanol–water partition coefficient (Wildman–Crippen LogP) is 16.0. The van der Waals surface area contributed by atoms with E-state index in [9.17, 15) is 0 Å². The Balaban J connectivity index is 1.01. The Hall–Kier alpha value is -8.14. The molecule has 1 aromatic heterocycles. The van der Waals surface area contributed by atoms with E-state index in [0.717, 1.165) is 72.4 Å². The molecule has 0 bridgehead atoms. The predicted molar refractivity (Wildman–Crippen MR) is 254 cm³/mol. The third-order valence-electron chi connectivity index (χ3n) is 13.1. The normalized spacial score (nSPS) is 13.1. The average Bonchev–Trinajstić information content (AvgIpc) is 3.88. The van der Waals surface area contributed by atoms with E-state index in [-0.39, 0.29) is 0 Å². The molecule has 1 aliphatic heterocycles. The number of rotatable bonds is 5. The molecule has 1 spiro atoms. The van der Waals surface area contributed by atoms with E-state index in [1.807, 2.05) is 0 Å². The molecule has 3 heteroatoms. The van der Waals surface area contributed by atoms with Crippen molar-refractivity contribution in [3.05, 3.63) is 247 Å². The van der Waals surface area contributed by atoms with Gasteiger partial charge in [0.1, 0.15) is 22.7 Å². The van der Waals surface area contributed by atoms with Crippen LogP contribution in [-0.2, 0) is 5.41 Å². The Morgan fingerprint density at radius 3 is 1.85 bits per heavy atom. The zero-order valence-corrected chi connectivity index (χ0v) is 33.6. The second-order valence-corrected chi connectivity index (χ2v) is 16.3. The standard InChI is InChI=1S/C59H37NO2/c1-2-15-38(16-3-1)41-18-12-19-43(37-41)60(52-27-14-30-55-57(52)47-36-33-39-17-4-5-20-45(39)58(47)62-55)42-34-31-40(32-35-42)44-22-13-26-51-56(44)46-21-6-7-23-48(46)59(51)49-24-8-10-28-53(49)61-54-29-11-9-25-50(54)59/h1-37H. The molecule has 2 heterocycles. The van der Waals surface area contributed by atoms with Crippen molar-refractivity contribution < 1.29 is 9.15 Å². The van der Waals surface area contributed by atoms with Crippen LogP contribution in [0.5, 0.6) is 11.5 Å². The molecule has 0 saturated heterocycles. The van der Waals surface area contributed by atoms with Crippen LogP contribution in [0.15, 0.2) is 229 Å². The van der Waals surface area contributed by atoms with Gasteiger partial charge in [0.2, 0.25) is 0 Å². The molecular weight excluding hydrogens is 755 g/mol. The van der Waals surface area contributed by atoms with E-state index in [2.05, 4.69) is 229 Å². The van der Waals surface area contributed by atoms with Gasteiger partial charge in [-0.3, -0.25) is 0 Å². The van der Waals surface area contributed by atoms with Crippen molar-refractivity contribution in [2.75, 3.05) is 4.90 Å². The zero-order valence-electron chi connectivity index (χ0n) is 33.6. The van der Waals surface area contributed by atoms with Gasteiger partial charge in [0.15, 0.2) is 0 Å². The third-order valence-corrected chi connectivity index (χ3v) is 13.1. The van der Waals surface area contributed by atoms with Crippen molar-refractivity contribution >= 4 is 49.8 Å². The molecule has 2 aliphatic rings. The molecule has 62 heavy (non-hydrogen) atoms. The van der Waals surface area contributed by atoms with Crippen LogP contribution in [0.25, 0.3) is 66.1 Å². The van der Waals surface area contributed by atoms with E-state index in [4.69, 9.17) is 9.15 Å². The molecule has 10 aromatic carbocycles. The first-order valence-electron chi connectivity index (χ1n) is 21.2. The summed E-state index contributed by atoms with van der Waals surface area (Å²) in [4.78, 5) is 2.39. The first kappa shape index (κ1) is 34.7. The lowest BCUT2D eigenvalue weighted by atomic mass is 9.66. The van der Waals surface area contributed by atoms with Crippen LogP contribution in [0, 0.1) is 0 Å². The SMILES string of the molecule is c1ccc(-c2cccc(N(c3ccc(-c4cccc5c4-c4ccccc4C54c5ccccc5Oc5ccccc54)cc3)c3cccc4oc5c6ccccc6ccc5c34)c2)cc1. The van der Waals surface area contributed by atoms with E-state index < -0.39 is 5.41 Å². The Bertz CT molecular complexity index is 3520. The molecule has 0 radical (unpaired) electrons. The maximum atomic E-state index is 6.73. The smallest absolute Gasteiger partial charge is 0.143 e. The van der Waals surface area contributed by atoms with Crippen LogP contribution in [0.1, 0.15) is 22.3 Å². The van der Waals surface area contributed by atoms with Crippen LogP contribution in [-0.4, -0.2) is 0 Å². The molecule has 0 unspecified atom stereocenters. The Morgan fingerprint density at radius 2 is 1.03 bits per heavy atom. The van der Waals surface area contributed by atoms with E-state index in [0.29, 0.717) is 0 Å². The summed E-state index contributed by atoms with van der Waals surface area (Å²) >= 11 is 0. The van der Waals surface area contributed by atoms with Crippen molar-refractivity contribution in [1.29, 1.82) is 0 Å². The van der Waals surface area contributed by atoms with Gasteiger partial charge < -0.3 is 14.1 Å². The molecule has 1 aliphatic carbocycles. The minimum atomic E-state index is -0.523. The highest BCUT2D eigenvalue weighted by Gasteiger charge is 2.51. The van der Waals surface area contributed by atoms with Gasteiger partial charge in [0, 0.05) is 33.3 Å². The van der Waals surface area contributed by atoms with Gasteiger partial charge in [-0.15, -0.1) is 0 Å². The van der Waals surface area contributed by atoms with Crippen molar-refractivity contribution in [3.8, 4) is 44.9 Å². The van der Waals surface area contributed by atoms with Gasteiger partial charge in [-0.25, -0.2) is 0 Å². The first-order valence-corrected chi connectivity index (χ1v) is 21.2. The molecule has 0 N–H and O–H groups in total. The summed E-state index contributed by atoms with van der Waals surface area (Å²) in [5, 5.41) is 4.46. The van der Waals surface area contributed by atoms with Crippen LogP contribution >= 0.6 is 0 Å². The van der Waals surface area contributed by atoms with Gasteiger partial charge in [-0.05, 0) is 104 Å². The summed E-state index contributed by atoms with van der Waals surface area (Å²) < 4.78 is 13.3. The van der Waals surface area contributed by atoms with Crippen molar-refractivity contribution in [2.45, 2.75) is 5.41 Å². The quantitative estimate of drug-likeness (QED) is 0.174. The number of hydrogen-bond donors (Lipinski definition) is 0. The fourth-order valence-corrected chi connectivity index (χ4v) is 10.5. The Labute approximate surface area is 359 Å². The first-order chi connectivity index (χ1) is 30.8. The number of furan rings is 1. The molecule has 0 saturated carbocycles. The van der Waals surface area contributed by atoms with Crippen molar-refractivity contribution in [3.63, 3.8) is 0 Å². The monoisotopic (exact) mass is 791 g/mol. The average molecular weight is 792 g/mol. The number of para-hydroxylation sites is 2. The summed E-state index contributed by atoms with van der Waals surface area (Å²) in [6.45, 7) is 0. The molecular formula is C59H37NO2. The van der Waals surface area contributed by atoms with Crippen LogP contribution in [0.3, 0.4) is 0 Å². The van der Waals surface area contributed by atoms with E-state index in [1.165, 1.54) is 44.5 Å². The highest BCUT2D eigenvalue weighted by Crippen LogP contribution is 2.63. The largest absolute Gasteiger partial charge is 0.457 e. The van der Waals surface area contributed by atoms with Gasteiger partial charge in [0.25, 0.3) is 0 Å². The maximum Gasteiger partial charge on any atom is 0.143 e. The number of anilines is 3. The number of hydrogen-bond acceptors (Lipinski definition) is 3. The van der Waals surface area contributed by atoms with Crippen LogP contribution in [0.4, 0.5) is 17.1 Å². The lowest BCUT2D eigenvalue weighted by Gasteiger charge is -2.39. The summed E-state index contributed by atoms with van der Waals surface area (Å²) in [6, 6.07) is 80.8. The molecule has 13 rings (SSSR count). The topological polar surface area (TPSA) is 25.6 Å². The van der Waals surface area contributed by atoms with Crippen molar-refractivity contribution in [1.82, 2.24) is 0 Å². The summed E-state index contributed by atoms with van der Waals surface area (Å²) in [5.74, 6) is 1.79. The lowest BCUT2D eigenvalue weighted by molar-refractivity contribution is 0.436. The van der Waals surface area contributed by atoms with Crippen LogP contribution < -0.4 is 9.64 Å². The fourth-order valence-electron chi connectivity index (χ4n) is 10.5. The molecule has 3 nitrogen and oxygen atoms in total. The second-order valence-electron chi connectivity index (χ2n) is 16.3. The maximum absolute atomic E-state index is 6.73. The molecule has 0 amide bonds. The second kappa shape index (κ2) is 13.4. The van der Waals surface area contributed by atoms with Gasteiger partial charge in [-0.2, -0.15) is 0 Å². The number of nitrogens with zero attached hydrogens (tertiary/aromatic N) is 1. The fraction of sp³-hybridized carbons (Fsp3) is 0.0169. The highest BCUT2D eigenvalue weighted by molar-refractivity contribution is 6.19. The Morgan fingerprint density at radius 1 is 0.387 bits per heavy atom. The minimum absolute atomic E-state index is 0.523. The van der Waals surface area contributed by atoms with Gasteiger partial charge >= 0.3 is 0 Å². The van der Waals surface area contributed by atoms with Gasteiger partial charge in [0.05, 0.1) is 16.5 Å². The highest BCUT2D eigenvalue weighted by atomic mass is 16.5. The zero-order chi connectivity index (χ0) is 40.8. The van der Waals surface area contributed by atoms with Gasteiger partial charge in [-0.1, -0.05) is 170 Å². The van der Waals surface area contributed by atoms with Crippen molar-refractivity contribution in [2.24, 2.45) is 0 Å². The number of ether oxygens (including phenoxy) is 1. The molecule has 11 aromatic rings. The molecule has 0 atom stereocenters. The number of benzene rings is 10.